The van der Waals surface area contributed by atoms with Gasteiger partial charge in [-0.3, -0.25) is 9.59 Å². The zero-order valence-corrected chi connectivity index (χ0v) is 20.1. The second kappa shape index (κ2) is 11.6. The molecule has 9 nitrogen and oxygen atoms in total. The first-order chi connectivity index (χ1) is 16.6. The molecule has 0 aromatic carbocycles. The molecule has 0 aliphatic carbocycles. The van der Waals surface area contributed by atoms with Gasteiger partial charge in [0.15, 0.2) is 0 Å². The van der Waals surface area contributed by atoms with Crippen LogP contribution in [0.3, 0.4) is 0 Å². The molecule has 192 valence electrons. The molecule has 3 rings (SSSR count). The number of H-pyrrole nitrogens is 1. The first-order valence-corrected chi connectivity index (χ1v) is 11.6. The first-order valence-electron chi connectivity index (χ1n) is 11.6. The lowest BCUT2D eigenvalue weighted by molar-refractivity contribution is -0.138. The first kappa shape index (κ1) is 26.6. The number of carbonyl (C=O) groups excluding carboxylic acids is 1. The number of ether oxygens (including phenoxy) is 1. The number of piperidine rings is 1. The van der Waals surface area contributed by atoms with E-state index in [0.717, 1.165) is 12.4 Å². The normalized spacial score (nSPS) is 15.9. The molecule has 1 atom stereocenters. The summed E-state index contributed by atoms with van der Waals surface area (Å²) in [5.41, 5.74) is 0.0728. The molecule has 1 amide bonds. The van der Waals surface area contributed by atoms with Gasteiger partial charge in [-0.05, 0) is 25.7 Å². The van der Waals surface area contributed by atoms with Gasteiger partial charge in [0.05, 0.1) is 43.1 Å². The molecule has 2 aromatic rings. The molecule has 1 aliphatic heterocycles. The monoisotopic (exact) mass is 496 g/mol. The molecule has 35 heavy (non-hydrogen) atoms. The van der Waals surface area contributed by atoms with Crippen LogP contribution in [0.25, 0.3) is 0 Å². The summed E-state index contributed by atoms with van der Waals surface area (Å²) < 4.78 is 43.8. The van der Waals surface area contributed by atoms with Crippen LogP contribution >= 0.6 is 0 Å². The fourth-order valence-electron chi connectivity index (χ4n) is 3.81. The molecule has 2 N–H and O–H groups in total. The molecule has 0 unspecified atom stereocenters. The van der Waals surface area contributed by atoms with E-state index in [0.29, 0.717) is 49.6 Å². The van der Waals surface area contributed by atoms with Gasteiger partial charge in [0.1, 0.15) is 5.82 Å². The van der Waals surface area contributed by atoms with Crippen molar-refractivity contribution < 1.29 is 22.7 Å². The Morgan fingerprint density at radius 1 is 1.23 bits per heavy atom. The van der Waals surface area contributed by atoms with E-state index in [4.69, 9.17) is 4.74 Å². The Bertz CT molecular complexity index is 1030. The summed E-state index contributed by atoms with van der Waals surface area (Å²) in [6, 6.07) is -0.0631. The highest BCUT2D eigenvalue weighted by atomic mass is 19.4. The van der Waals surface area contributed by atoms with Crippen LogP contribution in [0.15, 0.2) is 23.4 Å². The Morgan fingerprint density at radius 2 is 1.89 bits per heavy atom. The molecule has 1 fully saturated rings. The number of carbonyl (C=O) groups is 1. The van der Waals surface area contributed by atoms with Gasteiger partial charge < -0.3 is 15.0 Å². The van der Waals surface area contributed by atoms with Crippen molar-refractivity contribution in [2.75, 3.05) is 31.6 Å². The van der Waals surface area contributed by atoms with Crippen molar-refractivity contribution in [3.63, 3.8) is 0 Å². The summed E-state index contributed by atoms with van der Waals surface area (Å²) in [6.45, 7) is 7.41. The van der Waals surface area contributed by atoms with Crippen molar-refractivity contribution in [1.29, 1.82) is 0 Å². The van der Waals surface area contributed by atoms with Gasteiger partial charge in [-0.25, -0.2) is 15.1 Å². The highest BCUT2D eigenvalue weighted by Gasteiger charge is 2.32. The molecule has 1 aliphatic rings. The molecule has 0 radical (unpaired) electrons. The quantitative estimate of drug-likeness (QED) is 0.513. The molecule has 0 spiro atoms. The second-order valence-electron chi connectivity index (χ2n) is 9.04. The van der Waals surface area contributed by atoms with Gasteiger partial charge in [0.25, 0.3) is 5.56 Å². The number of aromatic nitrogens is 4. The highest BCUT2D eigenvalue weighted by molar-refractivity contribution is 5.76. The topological polar surface area (TPSA) is 113 Å². The predicted octanol–water partition coefficient (Wildman–Crippen LogP) is 3.14. The average Bonchev–Trinajstić information content (AvgIpc) is 2.83. The summed E-state index contributed by atoms with van der Waals surface area (Å²) >= 11 is 0. The fraction of sp³-hybridized carbons (Fsp3) is 0.609. The second-order valence-corrected chi connectivity index (χ2v) is 9.04. The van der Waals surface area contributed by atoms with E-state index in [1.807, 2.05) is 13.8 Å². The number of anilines is 1. The minimum Gasteiger partial charge on any atom is -0.379 e. The SMILES string of the molecule is Cc1c(N[C@H](COCCC(=O)N2CCC(c3ncc(C(F)(F)F)cn3)CC2)C(C)C)cn[nH]c1=O. The minimum absolute atomic E-state index is 0.0273. The summed E-state index contributed by atoms with van der Waals surface area (Å²) in [5, 5.41) is 9.51. The predicted molar refractivity (Wildman–Crippen MR) is 123 cm³/mol. The maximum Gasteiger partial charge on any atom is 0.419 e. The summed E-state index contributed by atoms with van der Waals surface area (Å²) in [5.74, 6) is 0.501. The standard InChI is InChI=1S/C23H31F3N6O3/c1-14(2)19(30-18-12-29-31-22(34)15(18)3)13-35-9-6-20(33)32-7-4-16(5-8-32)21-27-10-17(11-28-21)23(24,25)26/h10-12,14,16,19H,4-9,13H2,1-3H3,(H2,30,31,34)/t19-/m1/s1. The lowest BCUT2D eigenvalue weighted by atomic mass is 9.95. The molecule has 1 saturated heterocycles. The number of hydrogen-bond donors (Lipinski definition) is 2. The zero-order valence-electron chi connectivity index (χ0n) is 20.1. The van der Waals surface area contributed by atoms with Crippen molar-refractivity contribution in [1.82, 2.24) is 25.1 Å². The van der Waals surface area contributed by atoms with Crippen LogP contribution < -0.4 is 10.9 Å². The van der Waals surface area contributed by atoms with E-state index in [-0.39, 0.29) is 42.4 Å². The molecule has 12 heteroatoms. The lowest BCUT2D eigenvalue weighted by Crippen LogP contribution is -2.39. The molecule has 2 aromatic heterocycles. The van der Waals surface area contributed by atoms with E-state index in [2.05, 4.69) is 25.5 Å². The van der Waals surface area contributed by atoms with Gasteiger partial charge in [0.2, 0.25) is 5.91 Å². The van der Waals surface area contributed by atoms with Gasteiger partial charge in [-0.1, -0.05) is 13.8 Å². The Morgan fingerprint density at radius 3 is 2.49 bits per heavy atom. The number of alkyl halides is 3. The maximum absolute atomic E-state index is 12.7. The van der Waals surface area contributed by atoms with E-state index in [1.165, 1.54) is 0 Å². The number of rotatable bonds is 9. The number of likely N-dealkylation sites (tertiary alicyclic amines) is 1. The van der Waals surface area contributed by atoms with Crippen molar-refractivity contribution in [3.05, 3.63) is 45.9 Å². The van der Waals surface area contributed by atoms with Crippen molar-refractivity contribution in [3.8, 4) is 0 Å². The Labute approximate surface area is 201 Å². The van der Waals surface area contributed by atoms with Crippen LogP contribution in [0.4, 0.5) is 18.9 Å². The number of nitrogens with one attached hydrogen (secondary N) is 2. The Balaban J connectivity index is 1.41. The maximum atomic E-state index is 12.7. The lowest BCUT2D eigenvalue weighted by Gasteiger charge is -2.31. The third-order valence-electron chi connectivity index (χ3n) is 6.22. The third-order valence-corrected chi connectivity index (χ3v) is 6.22. The Kier molecular flexibility index (Phi) is 8.82. The van der Waals surface area contributed by atoms with Gasteiger partial charge >= 0.3 is 6.18 Å². The molecule has 0 bridgehead atoms. The summed E-state index contributed by atoms with van der Waals surface area (Å²) in [4.78, 5) is 33.8. The number of hydrogen-bond acceptors (Lipinski definition) is 7. The smallest absolute Gasteiger partial charge is 0.379 e. The molecule has 3 heterocycles. The molecular formula is C23H31F3N6O3. The van der Waals surface area contributed by atoms with Crippen molar-refractivity contribution in [2.24, 2.45) is 5.92 Å². The summed E-state index contributed by atoms with van der Waals surface area (Å²) in [7, 11) is 0. The van der Waals surface area contributed by atoms with Crippen molar-refractivity contribution >= 4 is 11.6 Å². The minimum atomic E-state index is -4.46. The van der Waals surface area contributed by atoms with E-state index in [9.17, 15) is 22.8 Å². The zero-order chi connectivity index (χ0) is 25.6. The average molecular weight is 497 g/mol. The van der Waals surface area contributed by atoms with Crippen molar-refractivity contribution in [2.45, 2.75) is 58.2 Å². The van der Waals surface area contributed by atoms with Crippen LogP contribution in [-0.2, 0) is 15.7 Å². The van der Waals surface area contributed by atoms with Gasteiger partial charge in [-0.15, -0.1) is 0 Å². The largest absolute Gasteiger partial charge is 0.419 e. The van der Waals surface area contributed by atoms with E-state index in [1.54, 1.807) is 18.0 Å². The van der Waals surface area contributed by atoms with Crippen LogP contribution in [0.1, 0.15) is 56.0 Å². The van der Waals surface area contributed by atoms with Crippen LogP contribution in [0, 0.1) is 12.8 Å². The Hall–Kier alpha value is -3.02. The fourth-order valence-corrected chi connectivity index (χ4v) is 3.81. The molecular weight excluding hydrogens is 465 g/mol. The summed E-state index contributed by atoms with van der Waals surface area (Å²) in [6.07, 6.45) is 0.154. The number of halogens is 3. The van der Waals surface area contributed by atoms with Crippen LogP contribution in [-0.4, -0.2) is 63.3 Å². The van der Waals surface area contributed by atoms with Crippen LogP contribution in [0.2, 0.25) is 0 Å². The molecule has 0 saturated carbocycles. The number of nitrogens with zero attached hydrogens (tertiary/aromatic N) is 4. The number of amides is 1. The van der Waals surface area contributed by atoms with E-state index >= 15 is 0 Å². The van der Waals surface area contributed by atoms with Gasteiger partial charge in [-0.2, -0.15) is 18.3 Å². The third kappa shape index (κ3) is 7.23. The van der Waals surface area contributed by atoms with E-state index < -0.39 is 11.7 Å². The number of aromatic amines is 1. The van der Waals surface area contributed by atoms with Gasteiger partial charge in [0, 0.05) is 37.0 Å². The highest BCUT2D eigenvalue weighted by Crippen LogP contribution is 2.30. The van der Waals surface area contributed by atoms with Crippen LogP contribution in [0.5, 0.6) is 0 Å².